The minimum atomic E-state index is -0.759. The van der Waals surface area contributed by atoms with Crippen LogP contribution in [0.4, 0.5) is 0 Å². The molecule has 0 bridgehead atoms. The Hall–Kier alpha value is -4.86. The monoisotopic (exact) mass is 434 g/mol. The Labute approximate surface area is 198 Å². The molecule has 0 saturated heterocycles. The summed E-state index contributed by atoms with van der Waals surface area (Å²) in [5, 5.41) is 19.3. The van der Waals surface area contributed by atoms with Crippen molar-refractivity contribution in [2.45, 2.75) is 5.60 Å². The summed E-state index contributed by atoms with van der Waals surface area (Å²) in [6.07, 6.45) is 4.17. The van der Waals surface area contributed by atoms with Gasteiger partial charge in [0.25, 0.3) is 0 Å². The number of rotatable bonds is 2. The van der Waals surface area contributed by atoms with Gasteiger partial charge in [0.15, 0.2) is 5.60 Å². The summed E-state index contributed by atoms with van der Waals surface area (Å²) < 4.78 is 6.85. The highest BCUT2D eigenvalue weighted by Gasteiger charge is 2.38. The number of nitrogens with zero attached hydrogens (tertiary/aromatic N) is 2. The number of benzene rings is 4. The molecule has 4 aromatic carbocycles. The van der Waals surface area contributed by atoms with Crippen LogP contribution in [0.2, 0.25) is 0 Å². The number of ether oxygens (including phenoxy) is 1. The van der Waals surface area contributed by atoms with E-state index < -0.39 is 5.60 Å². The van der Waals surface area contributed by atoms with Gasteiger partial charge in [-0.2, -0.15) is 10.5 Å². The third-order valence-corrected chi connectivity index (χ3v) is 6.55. The van der Waals surface area contributed by atoms with Crippen molar-refractivity contribution in [3.05, 3.63) is 137 Å². The van der Waals surface area contributed by atoms with Gasteiger partial charge in [-0.25, -0.2) is 0 Å². The summed E-state index contributed by atoms with van der Waals surface area (Å²) in [6, 6.07) is 36.6. The van der Waals surface area contributed by atoms with Crippen molar-refractivity contribution < 1.29 is 4.74 Å². The lowest BCUT2D eigenvalue weighted by atomic mass is 9.83. The van der Waals surface area contributed by atoms with E-state index in [1.165, 1.54) is 0 Å². The lowest BCUT2D eigenvalue weighted by Crippen LogP contribution is -2.34. The number of fused-ring (bicyclic) bond motifs is 4. The average Bonchev–Trinajstić information content (AvgIpc) is 3.22. The maximum atomic E-state index is 9.63. The van der Waals surface area contributed by atoms with Crippen LogP contribution in [0.25, 0.3) is 22.8 Å². The first-order valence-corrected chi connectivity index (χ1v) is 11.1. The molecular weight excluding hydrogens is 416 g/mol. The fraction of sp³-hybridized carbons (Fsp3) is 0.0323. The van der Waals surface area contributed by atoms with E-state index in [2.05, 4.69) is 48.6 Å². The van der Waals surface area contributed by atoms with Crippen molar-refractivity contribution in [3.8, 4) is 29.0 Å². The second kappa shape index (κ2) is 7.62. The number of hydrogen-bond acceptors (Lipinski definition) is 3. The zero-order valence-electron chi connectivity index (χ0n) is 18.2. The van der Waals surface area contributed by atoms with Gasteiger partial charge in [-0.15, -0.1) is 0 Å². The number of allylic oxidation sites excluding steroid dienone is 1. The SMILES string of the molecule is N#CC(C#N)=C1c2ccccc2-c2cc3c(cc21)C=CC(c1ccccc1)(c1ccccc1)O3. The first-order chi connectivity index (χ1) is 16.7. The molecule has 6 rings (SSSR count). The largest absolute Gasteiger partial charge is 0.473 e. The van der Waals surface area contributed by atoms with Crippen molar-refractivity contribution >= 4 is 11.6 Å². The van der Waals surface area contributed by atoms with Crippen LogP contribution < -0.4 is 4.74 Å². The Bertz CT molecular complexity index is 1530. The van der Waals surface area contributed by atoms with E-state index in [-0.39, 0.29) is 5.57 Å². The van der Waals surface area contributed by atoms with Crippen LogP contribution in [0.5, 0.6) is 5.75 Å². The highest BCUT2D eigenvalue weighted by atomic mass is 16.5. The fourth-order valence-corrected chi connectivity index (χ4v) is 5.00. The molecule has 3 heteroatoms. The molecule has 34 heavy (non-hydrogen) atoms. The Morgan fingerprint density at radius 2 is 1.24 bits per heavy atom. The summed E-state index contributed by atoms with van der Waals surface area (Å²) in [4.78, 5) is 0. The fourth-order valence-electron chi connectivity index (χ4n) is 5.00. The number of nitriles is 2. The Morgan fingerprint density at radius 1 is 0.647 bits per heavy atom. The zero-order chi connectivity index (χ0) is 23.1. The van der Waals surface area contributed by atoms with Gasteiger partial charge >= 0.3 is 0 Å². The molecule has 3 nitrogen and oxygen atoms in total. The predicted octanol–water partition coefficient (Wildman–Crippen LogP) is 6.87. The van der Waals surface area contributed by atoms with Crippen LogP contribution in [0.3, 0.4) is 0 Å². The van der Waals surface area contributed by atoms with Gasteiger partial charge < -0.3 is 4.74 Å². The van der Waals surface area contributed by atoms with E-state index in [1.54, 1.807) is 0 Å². The molecule has 158 valence electrons. The molecule has 0 saturated carbocycles. The summed E-state index contributed by atoms with van der Waals surface area (Å²) >= 11 is 0. The molecule has 2 aliphatic rings. The molecular formula is C31H18N2O. The summed E-state index contributed by atoms with van der Waals surface area (Å²) in [6.45, 7) is 0. The first-order valence-electron chi connectivity index (χ1n) is 11.1. The standard InChI is InChI=1S/C31H18N2O/c32-19-22(20-33)30-26-14-8-7-13-25(26)27-18-29-21(17-28(27)30)15-16-31(34-29,23-9-3-1-4-10-23)24-11-5-2-6-12-24/h1-18H. The highest BCUT2D eigenvalue weighted by Crippen LogP contribution is 2.50. The van der Waals surface area contributed by atoms with Crippen LogP contribution in [0.15, 0.2) is 109 Å². The second-order valence-electron chi connectivity index (χ2n) is 8.36. The second-order valence-corrected chi connectivity index (χ2v) is 8.36. The quantitative estimate of drug-likeness (QED) is 0.285. The molecule has 0 radical (unpaired) electrons. The lowest BCUT2D eigenvalue weighted by Gasteiger charge is -2.36. The molecule has 1 aliphatic carbocycles. The molecule has 0 atom stereocenters. The third kappa shape index (κ3) is 2.82. The predicted molar refractivity (Wildman–Crippen MR) is 132 cm³/mol. The van der Waals surface area contributed by atoms with Gasteiger partial charge in [-0.3, -0.25) is 0 Å². The van der Waals surface area contributed by atoms with Gasteiger partial charge in [0.05, 0.1) is 0 Å². The summed E-state index contributed by atoms with van der Waals surface area (Å²) in [5.41, 5.74) is 6.81. The molecule has 0 spiro atoms. The molecule has 0 unspecified atom stereocenters. The molecule has 0 aromatic heterocycles. The van der Waals surface area contributed by atoms with E-state index in [0.29, 0.717) is 5.57 Å². The summed E-state index contributed by atoms with van der Waals surface area (Å²) in [5.74, 6) is 0.764. The van der Waals surface area contributed by atoms with Gasteiger partial charge in [-0.1, -0.05) is 91.0 Å². The van der Waals surface area contributed by atoms with Crippen LogP contribution in [0.1, 0.15) is 27.8 Å². The molecule has 1 heterocycles. The van der Waals surface area contributed by atoms with Crippen molar-refractivity contribution in [1.82, 2.24) is 0 Å². The Morgan fingerprint density at radius 3 is 1.85 bits per heavy atom. The first kappa shape index (κ1) is 19.8. The zero-order valence-corrected chi connectivity index (χ0v) is 18.2. The maximum Gasteiger partial charge on any atom is 0.178 e. The van der Waals surface area contributed by atoms with Gasteiger partial charge in [0.2, 0.25) is 0 Å². The Kier molecular flexibility index (Phi) is 4.44. The molecule has 0 fully saturated rings. The van der Waals surface area contributed by atoms with E-state index >= 15 is 0 Å². The van der Waals surface area contributed by atoms with Gasteiger partial charge in [0.1, 0.15) is 23.5 Å². The van der Waals surface area contributed by atoms with Crippen LogP contribution in [-0.4, -0.2) is 0 Å². The van der Waals surface area contributed by atoms with Crippen molar-refractivity contribution in [3.63, 3.8) is 0 Å². The molecule has 0 N–H and O–H groups in total. The smallest absolute Gasteiger partial charge is 0.178 e. The average molecular weight is 434 g/mol. The number of hydrogen-bond donors (Lipinski definition) is 0. The van der Waals surface area contributed by atoms with Gasteiger partial charge in [0, 0.05) is 22.3 Å². The summed E-state index contributed by atoms with van der Waals surface area (Å²) in [7, 11) is 0. The van der Waals surface area contributed by atoms with Crippen molar-refractivity contribution in [2.24, 2.45) is 0 Å². The lowest BCUT2D eigenvalue weighted by molar-refractivity contribution is 0.161. The van der Waals surface area contributed by atoms with Gasteiger partial charge in [-0.05, 0) is 40.5 Å². The van der Waals surface area contributed by atoms with Crippen LogP contribution in [-0.2, 0) is 5.60 Å². The highest BCUT2D eigenvalue weighted by molar-refractivity contribution is 6.05. The minimum Gasteiger partial charge on any atom is -0.473 e. The molecule has 1 aliphatic heterocycles. The topological polar surface area (TPSA) is 56.8 Å². The maximum absolute atomic E-state index is 9.63. The third-order valence-electron chi connectivity index (χ3n) is 6.55. The Balaban J connectivity index is 1.59. The molecule has 0 amide bonds. The normalized spacial score (nSPS) is 14.1. The van der Waals surface area contributed by atoms with Crippen LogP contribution in [0, 0.1) is 22.7 Å². The van der Waals surface area contributed by atoms with Crippen LogP contribution >= 0.6 is 0 Å². The molecule has 4 aromatic rings. The van der Waals surface area contributed by atoms with E-state index in [9.17, 15) is 10.5 Å². The van der Waals surface area contributed by atoms with E-state index in [4.69, 9.17) is 4.74 Å². The van der Waals surface area contributed by atoms with E-state index in [0.717, 1.165) is 44.7 Å². The van der Waals surface area contributed by atoms with E-state index in [1.807, 2.05) is 72.8 Å². The van der Waals surface area contributed by atoms with Crippen molar-refractivity contribution in [1.29, 1.82) is 10.5 Å². The minimum absolute atomic E-state index is 0.120. The van der Waals surface area contributed by atoms with Crippen molar-refractivity contribution in [2.75, 3.05) is 0 Å².